The third-order valence-corrected chi connectivity index (χ3v) is 5.00. The number of ketones is 1. The molecule has 2 unspecified atom stereocenters. The first-order valence-corrected chi connectivity index (χ1v) is 9.75. The van der Waals surface area contributed by atoms with Crippen molar-refractivity contribution in [1.82, 2.24) is 4.90 Å². The Balaban J connectivity index is 1.79. The third-order valence-electron chi connectivity index (χ3n) is 5.00. The fraction of sp³-hybridized carbons (Fsp3) is 0.619. The Bertz CT molecular complexity index is 731. The maximum Gasteiger partial charge on any atom is 0.410 e. The average molecular weight is 393 g/mol. The average Bonchev–Trinajstić information content (AvgIpc) is 2.60. The van der Waals surface area contributed by atoms with E-state index < -0.39 is 11.4 Å². The fourth-order valence-electron chi connectivity index (χ4n) is 3.94. The first-order valence-electron chi connectivity index (χ1n) is 9.75. The van der Waals surface area contributed by atoms with Crippen molar-refractivity contribution < 1.29 is 28.2 Å². The number of ether oxygens (including phenoxy) is 3. The number of hydrogen-bond acceptors (Lipinski definition) is 5. The first-order chi connectivity index (χ1) is 13.2. The SMILES string of the molecule is CCOc1ccc(F)cc1C(=O)C1CC2COCC(C1)N2C(=O)OC(C)(C)C. The number of carbonyl (C=O) groups is 2. The molecule has 28 heavy (non-hydrogen) atoms. The number of halogens is 1. The lowest BCUT2D eigenvalue weighted by molar-refractivity contribution is -0.0861. The van der Waals surface area contributed by atoms with Crippen LogP contribution in [0.4, 0.5) is 9.18 Å². The second kappa shape index (κ2) is 8.07. The molecule has 1 amide bonds. The van der Waals surface area contributed by atoms with Gasteiger partial charge in [0.15, 0.2) is 5.78 Å². The number of carbonyl (C=O) groups excluding carboxylic acids is 2. The minimum absolute atomic E-state index is 0.149. The van der Waals surface area contributed by atoms with Crippen molar-refractivity contribution in [1.29, 1.82) is 0 Å². The highest BCUT2D eigenvalue weighted by Crippen LogP contribution is 2.36. The van der Waals surface area contributed by atoms with Gasteiger partial charge >= 0.3 is 6.09 Å². The number of rotatable bonds is 4. The molecule has 2 aliphatic rings. The zero-order valence-corrected chi connectivity index (χ0v) is 16.9. The van der Waals surface area contributed by atoms with Crippen LogP contribution in [0.5, 0.6) is 5.75 Å². The standard InChI is InChI=1S/C21H28FNO5/c1-5-27-18-7-6-14(22)10-17(18)19(24)13-8-15-11-26-12-16(9-13)23(15)20(25)28-21(2,3)4/h6-7,10,13,15-16H,5,8-9,11-12H2,1-4H3. The molecule has 0 aliphatic carbocycles. The predicted octanol–water partition coefficient (Wildman–Crippen LogP) is 3.82. The van der Waals surface area contributed by atoms with Gasteiger partial charge in [0.25, 0.3) is 0 Å². The molecule has 1 aromatic rings. The predicted molar refractivity (Wildman–Crippen MR) is 101 cm³/mol. The fourth-order valence-corrected chi connectivity index (χ4v) is 3.94. The molecule has 0 radical (unpaired) electrons. The zero-order chi connectivity index (χ0) is 20.5. The van der Waals surface area contributed by atoms with Gasteiger partial charge < -0.3 is 14.2 Å². The largest absolute Gasteiger partial charge is 0.493 e. The first kappa shape index (κ1) is 20.6. The molecule has 0 aromatic heterocycles. The van der Waals surface area contributed by atoms with Crippen molar-refractivity contribution in [2.75, 3.05) is 19.8 Å². The number of morpholine rings is 1. The van der Waals surface area contributed by atoms with E-state index in [1.54, 1.807) is 4.90 Å². The van der Waals surface area contributed by atoms with Crippen LogP contribution in [0, 0.1) is 11.7 Å². The van der Waals surface area contributed by atoms with E-state index in [0.29, 0.717) is 38.4 Å². The smallest absolute Gasteiger partial charge is 0.410 e. The molecular weight excluding hydrogens is 365 g/mol. The molecule has 3 rings (SSSR count). The lowest BCUT2D eigenvalue weighted by atomic mass is 9.80. The summed E-state index contributed by atoms with van der Waals surface area (Å²) in [6, 6.07) is 3.54. The van der Waals surface area contributed by atoms with Gasteiger partial charge in [0.1, 0.15) is 17.2 Å². The van der Waals surface area contributed by atoms with Crippen LogP contribution in [0.2, 0.25) is 0 Å². The molecule has 2 fully saturated rings. The van der Waals surface area contributed by atoms with Crippen molar-refractivity contribution in [3.63, 3.8) is 0 Å². The lowest BCUT2D eigenvalue weighted by Gasteiger charge is -2.47. The molecule has 154 valence electrons. The molecule has 2 heterocycles. The van der Waals surface area contributed by atoms with Gasteiger partial charge in [0.05, 0.1) is 37.5 Å². The van der Waals surface area contributed by atoms with Crippen LogP contribution in [0.1, 0.15) is 50.9 Å². The van der Waals surface area contributed by atoms with Crippen molar-refractivity contribution in [2.24, 2.45) is 5.92 Å². The second-order valence-electron chi connectivity index (χ2n) is 8.34. The van der Waals surface area contributed by atoms with E-state index in [4.69, 9.17) is 14.2 Å². The Morgan fingerprint density at radius 3 is 2.43 bits per heavy atom. The Labute approximate surface area is 164 Å². The van der Waals surface area contributed by atoms with E-state index in [9.17, 15) is 14.0 Å². The summed E-state index contributed by atoms with van der Waals surface area (Å²) < 4.78 is 30.4. The summed E-state index contributed by atoms with van der Waals surface area (Å²) in [5.41, 5.74) is -0.330. The summed E-state index contributed by atoms with van der Waals surface area (Å²) >= 11 is 0. The quantitative estimate of drug-likeness (QED) is 0.728. The highest BCUT2D eigenvalue weighted by atomic mass is 19.1. The van der Waals surface area contributed by atoms with Gasteiger partial charge in [-0.05, 0) is 58.7 Å². The van der Waals surface area contributed by atoms with E-state index in [-0.39, 0.29) is 35.4 Å². The summed E-state index contributed by atoms with van der Waals surface area (Å²) in [5, 5.41) is 0. The molecule has 0 N–H and O–H groups in total. The monoisotopic (exact) mass is 393 g/mol. The van der Waals surface area contributed by atoms with Gasteiger partial charge in [0.2, 0.25) is 0 Å². The van der Waals surface area contributed by atoms with Crippen molar-refractivity contribution in [3.05, 3.63) is 29.6 Å². The lowest BCUT2D eigenvalue weighted by Crippen LogP contribution is -2.60. The van der Waals surface area contributed by atoms with Crippen LogP contribution < -0.4 is 4.74 Å². The summed E-state index contributed by atoms with van der Waals surface area (Å²) in [5.74, 6) is -0.548. The highest BCUT2D eigenvalue weighted by molar-refractivity contribution is 6.00. The highest BCUT2D eigenvalue weighted by Gasteiger charge is 2.45. The number of benzene rings is 1. The van der Waals surface area contributed by atoms with Crippen LogP contribution in [-0.4, -0.2) is 54.3 Å². The normalized spacial score (nSPS) is 24.6. The minimum atomic E-state index is -0.590. The number of amides is 1. The van der Waals surface area contributed by atoms with Crippen LogP contribution in [0.15, 0.2) is 18.2 Å². The van der Waals surface area contributed by atoms with Crippen molar-refractivity contribution >= 4 is 11.9 Å². The Kier molecular flexibility index (Phi) is 5.93. The number of Topliss-reactive ketones (excluding diaryl/α,β-unsaturated/α-hetero) is 1. The number of fused-ring (bicyclic) bond motifs is 2. The number of piperidine rings is 1. The molecule has 2 saturated heterocycles. The van der Waals surface area contributed by atoms with Crippen LogP contribution in [0.3, 0.4) is 0 Å². The van der Waals surface area contributed by atoms with E-state index in [1.807, 2.05) is 27.7 Å². The Morgan fingerprint density at radius 1 is 1.21 bits per heavy atom. The van der Waals surface area contributed by atoms with Gasteiger partial charge in [-0.15, -0.1) is 0 Å². The maximum atomic E-state index is 13.8. The second-order valence-corrected chi connectivity index (χ2v) is 8.34. The molecule has 2 aliphatic heterocycles. The van der Waals surface area contributed by atoms with Crippen LogP contribution in [-0.2, 0) is 9.47 Å². The maximum absolute atomic E-state index is 13.8. The molecule has 7 heteroatoms. The van der Waals surface area contributed by atoms with Gasteiger partial charge in [0, 0.05) is 5.92 Å². The topological polar surface area (TPSA) is 65.1 Å². The van der Waals surface area contributed by atoms with Crippen LogP contribution in [0.25, 0.3) is 0 Å². The molecule has 2 bridgehead atoms. The number of hydrogen-bond donors (Lipinski definition) is 0. The molecule has 6 nitrogen and oxygen atoms in total. The van der Waals surface area contributed by atoms with E-state index in [0.717, 1.165) is 0 Å². The molecule has 0 saturated carbocycles. The summed E-state index contributed by atoms with van der Waals surface area (Å²) in [4.78, 5) is 27.5. The van der Waals surface area contributed by atoms with Gasteiger partial charge in [-0.25, -0.2) is 9.18 Å². The molecule has 0 spiro atoms. The van der Waals surface area contributed by atoms with E-state index in [2.05, 4.69) is 0 Å². The Morgan fingerprint density at radius 2 is 1.86 bits per heavy atom. The minimum Gasteiger partial charge on any atom is -0.493 e. The number of nitrogens with zero attached hydrogens (tertiary/aromatic N) is 1. The third kappa shape index (κ3) is 4.46. The van der Waals surface area contributed by atoms with Crippen LogP contribution >= 0.6 is 0 Å². The van der Waals surface area contributed by atoms with E-state index in [1.165, 1.54) is 18.2 Å². The molecule has 2 atom stereocenters. The molecular formula is C21H28FNO5. The van der Waals surface area contributed by atoms with Gasteiger partial charge in [-0.3, -0.25) is 9.69 Å². The van der Waals surface area contributed by atoms with Gasteiger partial charge in [-0.1, -0.05) is 0 Å². The summed E-state index contributed by atoms with van der Waals surface area (Å²) in [6.45, 7) is 8.41. The summed E-state index contributed by atoms with van der Waals surface area (Å²) in [7, 11) is 0. The summed E-state index contributed by atoms with van der Waals surface area (Å²) in [6.07, 6.45) is 0.533. The van der Waals surface area contributed by atoms with Crippen molar-refractivity contribution in [2.45, 2.75) is 58.2 Å². The van der Waals surface area contributed by atoms with Crippen molar-refractivity contribution in [3.8, 4) is 5.75 Å². The van der Waals surface area contributed by atoms with Gasteiger partial charge in [-0.2, -0.15) is 0 Å². The van der Waals surface area contributed by atoms with E-state index >= 15 is 0 Å². The molecule has 1 aromatic carbocycles. The zero-order valence-electron chi connectivity index (χ0n) is 16.9. The Hall–Kier alpha value is -2.15.